The van der Waals surface area contributed by atoms with Crippen molar-refractivity contribution in [1.29, 1.82) is 0 Å². The molecule has 1 aliphatic heterocycles. The van der Waals surface area contributed by atoms with Gasteiger partial charge in [0.1, 0.15) is 12.4 Å². The molecule has 0 radical (unpaired) electrons. The predicted molar refractivity (Wildman–Crippen MR) is 91.5 cm³/mol. The van der Waals surface area contributed by atoms with Crippen LogP contribution in [0, 0.1) is 5.82 Å². The summed E-state index contributed by atoms with van der Waals surface area (Å²) in [6.07, 6.45) is 0. The van der Waals surface area contributed by atoms with Crippen molar-refractivity contribution in [3.05, 3.63) is 65.5 Å². The number of rotatable bonds is 5. The zero-order valence-electron chi connectivity index (χ0n) is 13.9. The van der Waals surface area contributed by atoms with Crippen LogP contribution < -0.4 is 0 Å². The molecule has 1 aliphatic rings. The Morgan fingerprint density at radius 1 is 1.12 bits per heavy atom. The first-order valence-electron chi connectivity index (χ1n) is 8.06. The Bertz CT molecular complexity index is 894. The van der Waals surface area contributed by atoms with Crippen molar-refractivity contribution in [2.45, 2.75) is 11.5 Å². The van der Waals surface area contributed by atoms with Crippen molar-refractivity contribution < 1.29 is 27.1 Å². The number of halogens is 1. The summed E-state index contributed by atoms with van der Waals surface area (Å²) < 4.78 is 50.2. The molecule has 0 atom stereocenters. The van der Waals surface area contributed by atoms with Crippen molar-refractivity contribution in [2.75, 3.05) is 26.3 Å². The number of sulfonamides is 1. The minimum Gasteiger partial charge on any atom is -0.457 e. The van der Waals surface area contributed by atoms with E-state index in [2.05, 4.69) is 0 Å². The van der Waals surface area contributed by atoms with Crippen LogP contribution >= 0.6 is 0 Å². The average Bonchev–Trinajstić information content (AvgIpc) is 2.67. The van der Waals surface area contributed by atoms with E-state index in [1.54, 1.807) is 12.1 Å². The van der Waals surface area contributed by atoms with Crippen LogP contribution in [0.1, 0.15) is 15.9 Å². The van der Waals surface area contributed by atoms with Crippen LogP contribution in [-0.2, 0) is 26.1 Å². The third kappa shape index (κ3) is 4.27. The summed E-state index contributed by atoms with van der Waals surface area (Å²) in [4.78, 5) is 12.1. The van der Waals surface area contributed by atoms with Gasteiger partial charge in [0, 0.05) is 13.1 Å². The molecule has 26 heavy (non-hydrogen) atoms. The summed E-state index contributed by atoms with van der Waals surface area (Å²) >= 11 is 0. The molecule has 0 bridgehead atoms. The molecule has 0 saturated carbocycles. The summed E-state index contributed by atoms with van der Waals surface area (Å²) in [5, 5.41) is 0. The lowest BCUT2D eigenvalue weighted by molar-refractivity contribution is 0.0472. The molecule has 138 valence electrons. The molecule has 8 heteroatoms. The number of carbonyl (C=O) groups is 1. The van der Waals surface area contributed by atoms with Crippen molar-refractivity contribution in [3.8, 4) is 0 Å². The number of hydrogen-bond donors (Lipinski definition) is 0. The van der Waals surface area contributed by atoms with Gasteiger partial charge in [-0.2, -0.15) is 4.31 Å². The molecule has 2 aromatic rings. The molecule has 0 aromatic heterocycles. The molecule has 1 fully saturated rings. The van der Waals surface area contributed by atoms with E-state index in [1.165, 1.54) is 34.6 Å². The molecule has 1 heterocycles. The first-order valence-corrected chi connectivity index (χ1v) is 9.50. The third-order valence-corrected chi connectivity index (χ3v) is 5.83. The molecule has 0 amide bonds. The minimum absolute atomic E-state index is 0.0992. The molecule has 3 rings (SSSR count). The highest BCUT2D eigenvalue weighted by Crippen LogP contribution is 2.19. The molecule has 1 saturated heterocycles. The summed E-state index contributed by atoms with van der Waals surface area (Å²) in [5.41, 5.74) is 0.631. The van der Waals surface area contributed by atoms with E-state index >= 15 is 0 Å². The molecule has 0 aliphatic carbocycles. The van der Waals surface area contributed by atoms with Crippen LogP contribution in [0.3, 0.4) is 0 Å². The molecule has 0 unspecified atom stereocenters. The van der Waals surface area contributed by atoms with Crippen LogP contribution in [0.15, 0.2) is 53.4 Å². The molecule has 0 spiro atoms. The molecular formula is C18H18FNO5S. The van der Waals surface area contributed by atoms with E-state index in [0.29, 0.717) is 31.9 Å². The Morgan fingerprint density at radius 3 is 2.58 bits per heavy atom. The van der Waals surface area contributed by atoms with Crippen LogP contribution in [0.4, 0.5) is 4.39 Å². The van der Waals surface area contributed by atoms with Gasteiger partial charge in [0.15, 0.2) is 0 Å². The number of hydrogen-bond acceptors (Lipinski definition) is 5. The zero-order chi connectivity index (χ0) is 18.6. The fourth-order valence-corrected chi connectivity index (χ4v) is 4.06. The quantitative estimate of drug-likeness (QED) is 0.745. The number of ether oxygens (including phenoxy) is 2. The largest absolute Gasteiger partial charge is 0.457 e. The number of carbonyl (C=O) groups excluding carboxylic acids is 1. The van der Waals surface area contributed by atoms with Gasteiger partial charge in [-0.15, -0.1) is 0 Å². The lowest BCUT2D eigenvalue weighted by atomic mass is 10.2. The van der Waals surface area contributed by atoms with Gasteiger partial charge in [0.05, 0.1) is 23.7 Å². The number of morpholine rings is 1. The highest BCUT2D eigenvalue weighted by atomic mass is 32.2. The Labute approximate surface area is 151 Å². The zero-order valence-corrected chi connectivity index (χ0v) is 14.7. The Hall–Kier alpha value is -2.29. The van der Waals surface area contributed by atoms with Gasteiger partial charge < -0.3 is 9.47 Å². The summed E-state index contributed by atoms with van der Waals surface area (Å²) in [6.45, 7) is 1.23. The second-order valence-corrected chi connectivity index (χ2v) is 7.69. The Morgan fingerprint density at radius 2 is 1.85 bits per heavy atom. The van der Waals surface area contributed by atoms with E-state index in [0.717, 1.165) is 6.07 Å². The van der Waals surface area contributed by atoms with E-state index in [-0.39, 0.29) is 17.1 Å². The highest BCUT2D eigenvalue weighted by Gasteiger charge is 2.26. The third-order valence-electron chi connectivity index (χ3n) is 3.94. The van der Waals surface area contributed by atoms with Gasteiger partial charge in [-0.1, -0.05) is 18.2 Å². The first kappa shape index (κ1) is 18.5. The van der Waals surface area contributed by atoms with Crippen LogP contribution in [0.25, 0.3) is 0 Å². The SMILES string of the molecule is O=C(OCc1cccc(S(=O)(=O)N2CCOCC2)c1)c1cccc(F)c1. The van der Waals surface area contributed by atoms with E-state index in [9.17, 15) is 17.6 Å². The maximum Gasteiger partial charge on any atom is 0.338 e. The Balaban J connectivity index is 1.70. The second kappa shape index (κ2) is 7.94. The van der Waals surface area contributed by atoms with E-state index in [1.807, 2.05) is 0 Å². The van der Waals surface area contributed by atoms with Gasteiger partial charge in [0.25, 0.3) is 0 Å². The summed E-state index contributed by atoms with van der Waals surface area (Å²) in [5.74, 6) is -1.20. The lowest BCUT2D eigenvalue weighted by Crippen LogP contribution is -2.40. The predicted octanol–water partition coefficient (Wildman–Crippen LogP) is 2.20. The lowest BCUT2D eigenvalue weighted by Gasteiger charge is -2.26. The van der Waals surface area contributed by atoms with Crippen molar-refractivity contribution in [1.82, 2.24) is 4.31 Å². The monoisotopic (exact) mass is 379 g/mol. The maximum absolute atomic E-state index is 13.2. The topological polar surface area (TPSA) is 72.9 Å². The van der Waals surface area contributed by atoms with Gasteiger partial charge in [-0.05, 0) is 35.9 Å². The van der Waals surface area contributed by atoms with E-state index in [4.69, 9.17) is 9.47 Å². The second-order valence-electron chi connectivity index (χ2n) is 5.75. The van der Waals surface area contributed by atoms with Gasteiger partial charge in [0.2, 0.25) is 10.0 Å². The van der Waals surface area contributed by atoms with Crippen molar-refractivity contribution in [2.24, 2.45) is 0 Å². The summed E-state index contributed by atoms with van der Waals surface area (Å²) in [6, 6.07) is 11.4. The van der Waals surface area contributed by atoms with Crippen molar-refractivity contribution in [3.63, 3.8) is 0 Å². The minimum atomic E-state index is -3.62. The molecule has 6 nitrogen and oxygen atoms in total. The Kier molecular flexibility index (Phi) is 5.65. The maximum atomic E-state index is 13.2. The number of benzene rings is 2. The van der Waals surface area contributed by atoms with Crippen LogP contribution in [-0.4, -0.2) is 45.0 Å². The fourth-order valence-electron chi connectivity index (χ4n) is 2.58. The van der Waals surface area contributed by atoms with Crippen LogP contribution in [0.5, 0.6) is 0 Å². The van der Waals surface area contributed by atoms with E-state index < -0.39 is 21.8 Å². The van der Waals surface area contributed by atoms with Gasteiger partial charge in [-0.25, -0.2) is 17.6 Å². The average molecular weight is 379 g/mol. The highest BCUT2D eigenvalue weighted by molar-refractivity contribution is 7.89. The van der Waals surface area contributed by atoms with Crippen LogP contribution in [0.2, 0.25) is 0 Å². The van der Waals surface area contributed by atoms with Crippen molar-refractivity contribution >= 4 is 16.0 Å². The molecule has 2 aromatic carbocycles. The normalized spacial score (nSPS) is 15.6. The van der Waals surface area contributed by atoms with Gasteiger partial charge in [-0.3, -0.25) is 0 Å². The fraction of sp³-hybridized carbons (Fsp3) is 0.278. The smallest absolute Gasteiger partial charge is 0.338 e. The standard InChI is InChI=1S/C18H18FNO5S/c19-16-5-2-4-15(12-16)18(21)25-13-14-3-1-6-17(11-14)26(22,23)20-7-9-24-10-8-20/h1-6,11-12H,7-10,13H2. The molecule has 0 N–H and O–H groups in total. The number of nitrogens with zero attached hydrogens (tertiary/aromatic N) is 1. The molecular weight excluding hydrogens is 361 g/mol. The first-order chi connectivity index (χ1) is 12.5. The number of esters is 1. The summed E-state index contributed by atoms with van der Waals surface area (Å²) in [7, 11) is -3.62. The van der Waals surface area contributed by atoms with Gasteiger partial charge >= 0.3 is 5.97 Å².